The lowest BCUT2D eigenvalue weighted by molar-refractivity contribution is 0.529. The van der Waals surface area contributed by atoms with Gasteiger partial charge < -0.3 is 4.90 Å². The van der Waals surface area contributed by atoms with E-state index in [1.165, 1.54) is 16.7 Å². The highest BCUT2D eigenvalue weighted by Gasteiger charge is 2.32. The van der Waals surface area contributed by atoms with Gasteiger partial charge >= 0.3 is 0 Å². The molecule has 0 spiro atoms. The summed E-state index contributed by atoms with van der Waals surface area (Å²) in [6, 6.07) is 13.5. The predicted octanol–water partition coefficient (Wildman–Crippen LogP) is 5.76. The van der Waals surface area contributed by atoms with Crippen molar-refractivity contribution in [2.24, 2.45) is 0 Å². The van der Waals surface area contributed by atoms with Gasteiger partial charge in [0.05, 0.1) is 15.8 Å². The van der Waals surface area contributed by atoms with Crippen LogP contribution in [0.1, 0.15) is 29.5 Å². The van der Waals surface area contributed by atoms with Crippen molar-refractivity contribution in [3.8, 4) is 11.3 Å². The maximum absolute atomic E-state index is 13.1. The first-order valence-corrected chi connectivity index (χ1v) is 13.6. The number of rotatable bonds is 5. The van der Waals surface area contributed by atoms with Crippen LogP contribution in [0.25, 0.3) is 11.3 Å². The second-order valence-corrected chi connectivity index (χ2v) is 11.4. The van der Waals surface area contributed by atoms with E-state index in [1.54, 1.807) is 23.5 Å². The second-order valence-electron chi connectivity index (χ2n) is 7.79. The molecule has 1 aromatic heterocycles. The van der Waals surface area contributed by atoms with E-state index in [0.717, 1.165) is 21.7 Å². The molecule has 4 rings (SSSR count). The Kier molecular flexibility index (Phi) is 6.32. The summed E-state index contributed by atoms with van der Waals surface area (Å²) >= 11 is 5.04. The van der Waals surface area contributed by atoms with Gasteiger partial charge in [0, 0.05) is 29.4 Å². The van der Waals surface area contributed by atoms with Gasteiger partial charge in [0.2, 0.25) is 0 Å². The van der Waals surface area contributed by atoms with Crippen LogP contribution in [0.15, 0.2) is 52.7 Å². The van der Waals surface area contributed by atoms with Crippen LogP contribution in [0.3, 0.4) is 0 Å². The monoisotopic (exact) mass is 504 g/mol. The van der Waals surface area contributed by atoms with Crippen LogP contribution in [0.2, 0.25) is 0 Å². The lowest BCUT2D eigenvalue weighted by Crippen LogP contribution is -2.39. The number of benzene rings is 2. The van der Waals surface area contributed by atoms with Gasteiger partial charge in [0.25, 0.3) is 0 Å². The molecule has 0 saturated carbocycles. The van der Waals surface area contributed by atoms with Gasteiger partial charge in [-0.3, -0.25) is 0 Å². The molecule has 158 valence electrons. The van der Waals surface area contributed by atoms with Gasteiger partial charge in [0.1, 0.15) is 0 Å². The molecular formula is C23H25BrN2O2S2. The Morgan fingerprint density at radius 3 is 2.30 bits per heavy atom. The largest absolute Gasteiger partial charge is 0.348 e. The Hall–Kier alpha value is -1.70. The normalized spacial score (nSPS) is 15.5. The van der Waals surface area contributed by atoms with Crippen molar-refractivity contribution in [3.05, 3.63) is 64.5 Å². The summed E-state index contributed by atoms with van der Waals surface area (Å²) in [7, 11) is -3.30. The Bertz CT molecular complexity index is 1110. The average molecular weight is 506 g/mol. The highest BCUT2D eigenvalue weighted by atomic mass is 79.9. The number of aromatic nitrogens is 1. The fourth-order valence-electron chi connectivity index (χ4n) is 4.06. The molecule has 0 atom stereocenters. The van der Waals surface area contributed by atoms with Crippen molar-refractivity contribution in [2.45, 2.75) is 42.2 Å². The van der Waals surface area contributed by atoms with E-state index in [9.17, 15) is 8.42 Å². The van der Waals surface area contributed by atoms with Gasteiger partial charge in [-0.2, -0.15) is 0 Å². The molecule has 1 aliphatic rings. The number of anilines is 1. The van der Waals surface area contributed by atoms with Gasteiger partial charge in [0.15, 0.2) is 15.0 Å². The van der Waals surface area contributed by atoms with E-state index in [4.69, 9.17) is 4.98 Å². The summed E-state index contributed by atoms with van der Waals surface area (Å²) in [5, 5.41) is 3.48. The number of piperidine rings is 1. The summed E-state index contributed by atoms with van der Waals surface area (Å²) in [5.41, 5.74) is 5.73. The zero-order valence-electron chi connectivity index (χ0n) is 17.1. The Morgan fingerprint density at radius 1 is 1.07 bits per heavy atom. The number of thiazole rings is 1. The minimum atomic E-state index is -3.30. The van der Waals surface area contributed by atoms with Crippen LogP contribution in [0.5, 0.6) is 0 Å². The summed E-state index contributed by atoms with van der Waals surface area (Å²) in [5.74, 6) is 0. The van der Waals surface area contributed by atoms with Crippen LogP contribution in [-0.2, 0) is 15.2 Å². The topological polar surface area (TPSA) is 50.3 Å². The molecule has 7 heteroatoms. The fourth-order valence-corrected chi connectivity index (χ4v) is 7.04. The molecule has 1 saturated heterocycles. The second kappa shape index (κ2) is 8.81. The van der Waals surface area contributed by atoms with E-state index < -0.39 is 9.84 Å². The van der Waals surface area contributed by atoms with E-state index in [-0.39, 0.29) is 5.25 Å². The maximum atomic E-state index is 13.1. The molecule has 4 nitrogen and oxygen atoms in total. The van der Waals surface area contributed by atoms with Gasteiger partial charge in [-0.1, -0.05) is 46.3 Å². The van der Waals surface area contributed by atoms with E-state index in [1.807, 2.05) is 12.1 Å². The van der Waals surface area contributed by atoms with E-state index in [2.05, 4.69) is 58.3 Å². The summed E-state index contributed by atoms with van der Waals surface area (Å²) < 4.78 is 26.1. The molecular weight excluding hydrogens is 480 g/mol. The van der Waals surface area contributed by atoms with Crippen LogP contribution < -0.4 is 4.90 Å². The lowest BCUT2D eigenvalue weighted by atomic mass is 10.0. The fraction of sp³-hybridized carbons (Fsp3) is 0.348. The summed E-state index contributed by atoms with van der Waals surface area (Å²) in [6.07, 6.45) is 1.25. The number of aryl methyl sites for hydroxylation is 2. The van der Waals surface area contributed by atoms with E-state index in [0.29, 0.717) is 30.8 Å². The zero-order chi connectivity index (χ0) is 21.3. The molecule has 0 aliphatic carbocycles. The molecule has 30 heavy (non-hydrogen) atoms. The molecule has 3 aromatic rings. The SMILES string of the molecule is Cc1cccc(C)c1-c1csc(N2CCC(S(=O)(=O)c3ccc(CBr)cc3)CC2)n1. The van der Waals surface area contributed by atoms with Crippen molar-refractivity contribution in [3.63, 3.8) is 0 Å². The molecule has 0 unspecified atom stereocenters. The molecule has 1 fully saturated rings. The number of sulfone groups is 1. The molecule has 2 aromatic carbocycles. The molecule has 0 amide bonds. The number of nitrogens with zero attached hydrogens (tertiary/aromatic N) is 2. The highest BCUT2D eigenvalue weighted by molar-refractivity contribution is 9.08. The van der Waals surface area contributed by atoms with Crippen LogP contribution in [0, 0.1) is 13.8 Å². The van der Waals surface area contributed by atoms with Crippen molar-refractivity contribution < 1.29 is 8.42 Å². The van der Waals surface area contributed by atoms with Gasteiger partial charge in [-0.25, -0.2) is 13.4 Å². The first kappa shape index (κ1) is 21.5. The molecule has 0 radical (unpaired) electrons. The average Bonchev–Trinajstić information content (AvgIpc) is 3.23. The molecule has 0 bridgehead atoms. The third kappa shape index (κ3) is 4.20. The third-order valence-corrected chi connectivity index (χ3v) is 9.61. The molecule has 2 heterocycles. The van der Waals surface area contributed by atoms with Gasteiger partial charge in [-0.15, -0.1) is 11.3 Å². The van der Waals surface area contributed by atoms with Crippen molar-refractivity contribution in [2.75, 3.05) is 18.0 Å². The van der Waals surface area contributed by atoms with Crippen molar-refractivity contribution >= 4 is 42.2 Å². The molecule has 0 N–H and O–H groups in total. The van der Waals surface area contributed by atoms with Crippen LogP contribution >= 0.6 is 27.3 Å². The van der Waals surface area contributed by atoms with Crippen LogP contribution in [0.4, 0.5) is 5.13 Å². The van der Waals surface area contributed by atoms with Gasteiger partial charge in [-0.05, 0) is 55.5 Å². The quantitative estimate of drug-likeness (QED) is 0.414. The van der Waals surface area contributed by atoms with Crippen molar-refractivity contribution in [1.29, 1.82) is 0 Å². The third-order valence-electron chi connectivity index (χ3n) is 5.79. The number of alkyl halides is 1. The minimum absolute atomic E-state index is 0.332. The summed E-state index contributed by atoms with van der Waals surface area (Å²) in [4.78, 5) is 7.53. The number of hydrogen-bond acceptors (Lipinski definition) is 5. The van der Waals surface area contributed by atoms with E-state index >= 15 is 0 Å². The minimum Gasteiger partial charge on any atom is -0.348 e. The maximum Gasteiger partial charge on any atom is 0.185 e. The summed E-state index contributed by atoms with van der Waals surface area (Å²) in [6.45, 7) is 5.65. The van der Waals surface area contributed by atoms with Crippen LogP contribution in [-0.4, -0.2) is 31.7 Å². The predicted molar refractivity (Wildman–Crippen MR) is 129 cm³/mol. The Labute approximate surface area is 191 Å². The molecule has 1 aliphatic heterocycles. The number of hydrogen-bond donors (Lipinski definition) is 0. The zero-order valence-corrected chi connectivity index (χ0v) is 20.4. The Balaban J connectivity index is 1.47. The lowest BCUT2D eigenvalue weighted by Gasteiger charge is -2.31. The van der Waals surface area contributed by atoms with Crippen molar-refractivity contribution in [1.82, 2.24) is 4.98 Å². The first-order chi connectivity index (χ1) is 14.4. The number of halogens is 1. The highest BCUT2D eigenvalue weighted by Crippen LogP contribution is 2.34. The standard InChI is InChI=1S/C23H25BrN2O2S2/c1-16-4-3-5-17(2)22(16)21-15-29-23(25-21)26-12-10-20(11-13-26)30(27,28)19-8-6-18(14-24)7-9-19/h3-9,15,20H,10-14H2,1-2H3. The Morgan fingerprint density at radius 2 is 1.70 bits per heavy atom. The first-order valence-electron chi connectivity index (χ1n) is 10.1. The smallest absolute Gasteiger partial charge is 0.185 e.